The molecule has 0 aromatic rings. The van der Waals surface area contributed by atoms with Crippen molar-refractivity contribution in [1.82, 2.24) is 15.1 Å². The van der Waals surface area contributed by atoms with Crippen LogP contribution < -0.4 is 5.32 Å². The largest absolute Gasteiger partial charge is 0.480 e. The molecule has 0 unspecified atom stereocenters. The van der Waals surface area contributed by atoms with Crippen molar-refractivity contribution in [2.75, 3.05) is 53.0 Å². The van der Waals surface area contributed by atoms with E-state index in [1.165, 1.54) is 24.9 Å². The van der Waals surface area contributed by atoms with Crippen molar-refractivity contribution in [3.05, 3.63) is 0 Å². The minimum absolute atomic E-state index is 0.276. The first-order valence-corrected chi connectivity index (χ1v) is 6.59. The van der Waals surface area contributed by atoms with Gasteiger partial charge in [-0.2, -0.15) is 0 Å². The Morgan fingerprint density at radius 2 is 2.05 bits per heavy atom. The van der Waals surface area contributed by atoms with E-state index in [0.717, 1.165) is 19.6 Å². The summed E-state index contributed by atoms with van der Waals surface area (Å²) in [6, 6.07) is -0.348. The number of carbonyl (C=O) groups is 2. The first kappa shape index (κ1) is 15.7. The average molecular weight is 273 g/mol. The second kappa shape index (κ2) is 8.71. The summed E-state index contributed by atoms with van der Waals surface area (Å²) in [5.41, 5.74) is 0. The van der Waals surface area contributed by atoms with Crippen molar-refractivity contribution < 1.29 is 19.4 Å². The fourth-order valence-electron chi connectivity index (χ4n) is 2.06. The van der Waals surface area contributed by atoms with E-state index in [9.17, 15) is 9.59 Å². The van der Waals surface area contributed by atoms with Crippen molar-refractivity contribution >= 4 is 12.0 Å². The Morgan fingerprint density at radius 1 is 1.37 bits per heavy atom. The molecule has 1 heterocycles. The average Bonchev–Trinajstić information content (AvgIpc) is 2.87. The minimum Gasteiger partial charge on any atom is -0.480 e. The van der Waals surface area contributed by atoms with Gasteiger partial charge in [-0.1, -0.05) is 0 Å². The zero-order valence-corrected chi connectivity index (χ0v) is 11.4. The predicted molar refractivity (Wildman–Crippen MR) is 70.2 cm³/mol. The van der Waals surface area contributed by atoms with Gasteiger partial charge in [0.25, 0.3) is 0 Å². The second-order valence-corrected chi connectivity index (χ2v) is 4.59. The maximum absolute atomic E-state index is 11.8. The second-order valence-electron chi connectivity index (χ2n) is 4.59. The molecule has 7 nitrogen and oxygen atoms in total. The summed E-state index contributed by atoms with van der Waals surface area (Å²) in [7, 11) is 1.52. The maximum Gasteiger partial charge on any atom is 0.323 e. The zero-order chi connectivity index (χ0) is 14.1. The summed E-state index contributed by atoms with van der Waals surface area (Å²) in [6.07, 6.45) is 2.43. The van der Waals surface area contributed by atoms with Crippen LogP contribution in [-0.4, -0.2) is 79.9 Å². The number of nitrogens with zero attached hydrogens (tertiary/aromatic N) is 2. The summed E-state index contributed by atoms with van der Waals surface area (Å²) in [4.78, 5) is 26.1. The van der Waals surface area contributed by atoms with Crippen LogP contribution in [0.15, 0.2) is 0 Å². The lowest BCUT2D eigenvalue weighted by Crippen LogP contribution is -2.46. The molecule has 1 saturated heterocycles. The third-order valence-electron chi connectivity index (χ3n) is 3.08. The van der Waals surface area contributed by atoms with E-state index >= 15 is 0 Å². The molecule has 1 fully saturated rings. The topological polar surface area (TPSA) is 82.1 Å². The number of urea groups is 1. The van der Waals surface area contributed by atoms with Crippen LogP contribution in [0, 0.1) is 0 Å². The van der Waals surface area contributed by atoms with Gasteiger partial charge >= 0.3 is 12.0 Å². The van der Waals surface area contributed by atoms with Gasteiger partial charge in [0.05, 0.1) is 6.61 Å². The molecule has 0 atom stereocenters. The molecule has 1 aliphatic heterocycles. The summed E-state index contributed by atoms with van der Waals surface area (Å²) < 4.78 is 4.87. The van der Waals surface area contributed by atoms with Crippen LogP contribution in [0.5, 0.6) is 0 Å². The van der Waals surface area contributed by atoms with Crippen LogP contribution in [0.4, 0.5) is 4.79 Å². The smallest absolute Gasteiger partial charge is 0.323 e. The molecule has 19 heavy (non-hydrogen) atoms. The molecule has 1 rings (SSSR count). The minimum atomic E-state index is -1.02. The molecule has 0 aromatic heterocycles. The van der Waals surface area contributed by atoms with Crippen molar-refractivity contribution in [3.63, 3.8) is 0 Å². The molecular formula is C12H23N3O4. The summed E-state index contributed by atoms with van der Waals surface area (Å²) in [5, 5.41) is 11.5. The number of likely N-dealkylation sites (tertiary alicyclic amines) is 1. The molecule has 1 aliphatic rings. The normalized spacial score (nSPS) is 15.4. The number of nitrogens with one attached hydrogen (secondary N) is 1. The lowest BCUT2D eigenvalue weighted by molar-refractivity contribution is -0.137. The number of ether oxygens (including phenoxy) is 1. The molecule has 7 heteroatoms. The number of carboxylic acids is 1. The Labute approximate surface area is 113 Å². The van der Waals surface area contributed by atoms with Crippen LogP contribution in [0.2, 0.25) is 0 Å². The van der Waals surface area contributed by atoms with Crippen LogP contribution in [-0.2, 0) is 9.53 Å². The van der Waals surface area contributed by atoms with E-state index in [1.807, 2.05) is 0 Å². The number of carboxylic acid groups (broad SMARTS) is 1. The number of hydrogen-bond donors (Lipinski definition) is 2. The SMILES string of the molecule is COCCN(CC(=O)O)C(=O)NCCN1CCCC1. The van der Waals surface area contributed by atoms with Gasteiger partial charge in [-0.15, -0.1) is 0 Å². The lowest BCUT2D eigenvalue weighted by atomic mass is 10.4. The third kappa shape index (κ3) is 6.40. The third-order valence-corrected chi connectivity index (χ3v) is 3.08. The first-order valence-electron chi connectivity index (χ1n) is 6.59. The highest BCUT2D eigenvalue weighted by Gasteiger charge is 2.17. The zero-order valence-electron chi connectivity index (χ0n) is 11.4. The Balaban J connectivity index is 2.26. The van der Waals surface area contributed by atoms with Gasteiger partial charge in [-0.3, -0.25) is 4.79 Å². The molecule has 0 saturated carbocycles. The molecule has 0 radical (unpaired) electrons. The fraction of sp³-hybridized carbons (Fsp3) is 0.833. The highest BCUT2D eigenvalue weighted by Crippen LogP contribution is 2.05. The van der Waals surface area contributed by atoms with Gasteiger partial charge in [0, 0.05) is 26.7 Å². The first-order chi connectivity index (χ1) is 9.13. The Morgan fingerprint density at radius 3 is 2.63 bits per heavy atom. The van der Waals surface area contributed by atoms with Crippen molar-refractivity contribution in [2.24, 2.45) is 0 Å². The van der Waals surface area contributed by atoms with Gasteiger partial charge in [-0.25, -0.2) is 4.79 Å². The summed E-state index contributed by atoms with van der Waals surface area (Å²) in [6.45, 7) is 3.82. The van der Waals surface area contributed by atoms with E-state index in [0.29, 0.717) is 13.2 Å². The molecule has 0 spiro atoms. The van der Waals surface area contributed by atoms with Crippen LogP contribution in [0.25, 0.3) is 0 Å². The van der Waals surface area contributed by atoms with Crippen LogP contribution in [0.1, 0.15) is 12.8 Å². The molecule has 2 N–H and O–H groups in total. The molecule has 110 valence electrons. The number of methoxy groups -OCH3 is 1. The maximum atomic E-state index is 11.8. The van der Waals surface area contributed by atoms with Crippen molar-refractivity contribution in [1.29, 1.82) is 0 Å². The van der Waals surface area contributed by atoms with E-state index in [2.05, 4.69) is 10.2 Å². The number of rotatable bonds is 8. The molecule has 0 bridgehead atoms. The van der Waals surface area contributed by atoms with Gasteiger partial charge in [0.2, 0.25) is 0 Å². The van der Waals surface area contributed by atoms with E-state index in [4.69, 9.17) is 9.84 Å². The van der Waals surface area contributed by atoms with Crippen LogP contribution >= 0.6 is 0 Å². The molecular weight excluding hydrogens is 250 g/mol. The molecule has 0 aromatic carbocycles. The van der Waals surface area contributed by atoms with Gasteiger partial charge in [0.1, 0.15) is 6.54 Å². The summed E-state index contributed by atoms with van der Waals surface area (Å²) in [5.74, 6) is -1.02. The van der Waals surface area contributed by atoms with E-state index < -0.39 is 5.97 Å². The van der Waals surface area contributed by atoms with E-state index in [-0.39, 0.29) is 19.1 Å². The Hall–Kier alpha value is -1.34. The van der Waals surface area contributed by atoms with E-state index in [1.54, 1.807) is 0 Å². The Kier molecular flexibility index (Phi) is 7.20. The highest BCUT2D eigenvalue weighted by atomic mass is 16.5. The molecule has 2 amide bonds. The van der Waals surface area contributed by atoms with Crippen molar-refractivity contribution in [2.45, 2.75) is 12.8 Å². The monoisotopic (exact) mass is 273 g/mol. The van der Waals surface area contributed by atoms with Gasteiger partial charge in [0.15, 0.2) is 0 Å². The van der Waals surface area contributed by atoms with Gasteiger partial charge in [-0.05, 0) is 25.9 Å². The molecule has 0 aliphatic carbocycles. The highest BCUT2D eigenvalue weighted by molar-refractivity contribution is 5.80. The standard InChI is InChI=1S/C12H23N3O4/c1-19-9-8-15(10-11(16)17)12(18)13-4-7-14-5-2-3-6-14/h2-10H2,1H3,(H,13,18)(H,16,17). The number of hydrogen-bond acceptors (Lipinski definition) is 4. The Bertz CT molecular complexity index is 293. The fourth-order valence-corrected chi connectivity index (χ4v) is 2.06. The van der Waals surface area contributed by atoms with Gasteiger partial charge < -0.3 is 25.0 Å². The number of amides is 2. The summed E-state index contributed by atoms with van der Waals surface area (Å²) >= 11 is 0. The quantitative estimate of drug-likeness (QED) is 0.641. The number of carbonyl (C=O) groups excluding carboxylic acids is 1. The van der Waals surface area contributed by atoms with Crippen LogP contribution in [0.3, 0.4) is 0 Å². The van der Waals surface area contributed by atoms with Crippen molar-refractivity contribution in [3.8, 4) is 0 Å². The lowest BCUT2D eigenvalue weighted by Gasteiger charge is -2.22. The predicted octanol–water partition coefficient (Wildman–Crippen LogP) is -0.175. The number of aliphatic carboxylic acids is 1.